The molecule has 164 valence electrons. The van der Waals surface area contributed by atoms with Crippen LogP contribution in [0.3, 0.4) is 0 Å². The summed E-state index contributed by atoms with van der Waals surface area (Å²) in [6.07, 6.45) is -8.64. The molecule has 9 nitrogen and oxygen atoms in total. The van der Waals surface area contributed by atoms with E-state index in [1.807, 2.05) is 0 Å². The minimum atomic E-state index is -5.13. The van der Waals surface area contributed by atoms with E-state index in [9.17, 15) is 18.3 Å². The minimum absolute atomic E-state index is 0.0985. The van der Waals surface area contributed by atoms with Crippen molar-refractivity contribution in [1.82, 2.24) is 18.8 Å². The molecule has 3 atom stereocenters. The summed E-state index contributed by atoms with van der Waals surface area (Å²) in [4.78, 5) is 21.7. The molecule has 0 bridgehead atoms. The average Bonchev–Trinajstić information content (AvgIpc) is 3.13. The maximum Gasteiger partial charge on any atom is 0.255 e. The normalized spacial score (nSPS) is 37.0. The molecular weight excluding hydrogens is 406 g/mol. The number of rotatable bonds is 4. The summed E-state index contributed by atoms with van der Waals surface area (Å²) in [7, 11) is -5.13. The van der Waals surface area contributed by atoms with Crippen LogP contribution in [0.5, 0.6) is 0 Å². The van der Waals surface area contributed by atoms with Crippen LogP contribution in [0.25, 0.3) is 11.0 Å². The van der Waals surface area contributed by atoms with Crippen molar-refractivity contribution < 1.29 is 28.6 Å². The number of aliphatic hydroxyl groups is 1. The van der Waals surface area contributed by atoms with E-state index in [-0.39, 0.29) is 15.3 Å². The first kappa shape index (κ1) is 11.5. The van der Waals surface area contributed by atoms with Gasteiger partial charge in [0.25, 0.3) is 5.56 Å². The molecule has 2 aromatic heterocycles. The van der Waals surface area contributed by atoms with Crippen LogP contribution in [0.2, 0.25) is 0 Å². The Morgan fingerprint density at radius 2 is 2.13 bits per heavy atom. The number of nitrogens with one attached hydrogen (secondary N) is 1. The summed E-state index contributed by atoms with van der Waals surface area (Å²) in [6.45, 7) is -3.43. The summed E-state index contributed by atoms with van der Waals surface area (Å²) >= 11 is 0. The molecule has 0 unspecified atom stereocenters. The highest BCUT2D eigenvalue weighted by atomic mass is 32.2. The highest BCUT2D eigenvalue weighted by molar-refractivity contribution is 7.88. The summed E-state index contributed by atoms with van der Waals surface area (Å²) < 4.78 is 114. The van der Waals surface area contributed by atoms with Crippen molar-refractivity contribution >= 4 is 27.0 Å². The predicted molar refractivity (Wildman–Crippen MR) is 115 cm³/mol. The molecule has 1 saturated carbocycles. The fourth-order valence-electron chi connectivity index (χ4n) is 3.80. The number of fused-ring (bicyclic) bond motifs is 1. The van der Waals surface area contributed by atoms with Gasteiger partial charge in [0.05, 0.1) is 13.7 Å². The maximum absolute atomic E-state index is 13.4. The third-order valence-corrected chi connectivity index (χ3v) is 6.46. The van der Waals surface area contributed by atoms with Gasteiger partial charge in [-0.25, -0.2) is 17.7 Å². The van der Waals surface area contributed by atoms with Crippen LogP contribution in [-0.2, 0) is 10.0 Å². The van der Waals surface area contributed by atoms with Crippen LogP contribution in [0.4, 0.5) is 5.95 Å². The van der Waals surface area contributed by atoms with E-state index in [4.69, 9.17) is 15.1 Å². The highest BCUT2D eigenvalue weighted by Gasteiger charge is 2.34. The molecule has 10 heteroatoms. The number of hydrogen-bond acceptors (Lipinski definition) is 7. The molecule has 1 saturated heterocycles. The van der Waals surface area contributed by atoms with Crippen LogP contribution in [0.15, 0.2) is 17.1 Å². The third kappa shape index (κ3) is 3.95. The van der Waals surface area contributed by atoms with Crippen LogP contribution < -0.4 is 10.9 Å². The number of piperidine rings is 1. The van der Waals surface area contributed by atoms with Crippen molar-refractivity contribution in [2.24, 2.45) is 5.92 Å². The van der Waals surface area contributed by atoms with Gasteiger partial charge in [-0.15, -0.1) is 0 Å². The topological polar surface area (TPSA) is 117 Å². The summed E-state index contributed by atoms with van der Waals surface area (Å²) in [6, 6.07) is -2.52. The molecule has 0 aromatic carbocycles. The number of aryl methyl sites for hydroxylation is 1. The molecule has 4 rings (SSSR count). The van der Waals surface area contributed by atoms with E-state index in [1.165, 1.54) is 0 Å². The third-order valence-electron chi connectivity index (χ3n) is 5.52. The van der Waals surface area contributed by atoms with Crippen molar-refractivity contribution in [3.8, 4) is 0 Å². The lowest BCUT2D eigenvalue weighted by atomic mass is 10.0. The Morgan fingerprint density at radius 1 is 1.37 bits per heavy atom. The van der Waals surface area contributed by atoms with Gasteiger partial charge in [-0.05, 0) is 38.5 Å². The first-order valence-electron chi connectivity index (χ1n) is 14.8. The first-order chi connectivity index (χ1) is 18.4. The lowest BCUT2D eigenvalue weighted by Crippen LogP contribution is -2.42. The van der Waals surface area contributed by atoms with E-state index in [2.05, 4.69) is 15.3 Å². The lowest BCUT2D eigenvalue weighted by Gasteiger charge is -2.30. The zero-order valence-electron chi connectivity index (χ0n) is 27.1. The Labute approximate surface area is 191 Å². The second kappa shape index (κ2) is 7.90. The fraction of sp³-hybridized carbons (Fsp3) is 0.650. The van der Waals surface area contributed by atoms with Gasteiger partial charge in [-0.3, -0.25) is 9.36 Å². The average molecular weight is 447 g/mol. The summed E-state index contributed by atoms with van der Waals surface area (Å²) in [5.41, 5.74) is -1.49. The Kier molecular flexibility index (Phi) is 3.04. The van der Waals surface area contributed by atoms with E-state index >= 15 is 0 Å². The van der Waals surface area contributed by atoms with Gasteiger partial charge in [0.2, 0.25) is 16.0 Å². The van der Waals surface area contributed by atoms with Crippen molar-refractivity contribution in [3.05, 3.63) is 28.2 Å². The van der Waals surface area contributed by atoms with Crippen molar-refractivity contribution in [1.29, 1.82) is 0 Å². The number of hydrogen-bond donors (Lipinski definition) is 2. The zero-order chi connectivity index (χ0) is 31.1. The van der Waals surface area contributed by atoms with Gasteiger partial charge >= 0.3 is 0 Å². The number of sulfonamides is 1. The van der Waals surface area contributed by atoms with Crippen LogP contribution >= 0.6 is 0 Å². The standard InChI is InChI=1S/C20H29N5O4S/c1-12-10-14-11-21-20(22-15-6-8-24(9-7-15)30(3,28)29)23-18(14)25(19(12)27)16-4-5-17(26)13(16)2/h10-11,13,15-17,26H,4-9H2,1-3H3,(H,21,22,23)/t13-,16+,17+/m0/s1/i1D3,3D3,6D2,7D2,15D. The monoisotopic (exact) mass is 446 g/mol. The van der Waals surface area contributed by atoms with Crippen molar-refractivity contribution in [3.63, 3.8) is 0 Å². The number of aliphatic hydroxyl groups excluding tert-OH is 1. The molecule has 0 spiro atoms. The van der Waals surface area contributed by atoms with Crippen LogP contribution in [0, 0.1) is 12.8 Å². The smallest absolute Gasteiger partial charge is 0.255 e. The van der Waals surface area contributed by atoms with E-state index < -0.39 is 90.0 Å². The first-order valence-corrected chi connectivity index (χ1v) is 10.8. The Hall–Kier alpha value is -2.04. The number of pyridine rings is 1. The molecule has 2 aromatic rings. The van der Waals surface area contributed by atoms with E-state index in [1.54, 1.807) is 6.92 Å². The molecule has 2 aliphatic rings. The molecular formula is C20H29N5O4S. The van der Waals surface area contributed by atoms with Gasteiger partial charge in [0.1, 0.15) is 5.65 Å². The van der Waals surface area contributed by atoms with E-state index in [0.717, 1.165) is 16.8 Å². The van der Waals surface area contributed by atoms with E-state index in [0.29, 0.717) is 12.8 Å². The van der Waals surface area contributed by atoms with Crippen molar-refractivity contribution in [2.75, 3.05) is 24.6 Å². The van der Waals surface area contributed by atoms with Gasteiger partial charge in [0, 0.05) is 61.9 Å². The predicted octanol–water partition coefficient (Wildman–Crippen LogP) is 1.27. The molecule has 1 aliphatic heterocycles. The Balaban J connectivity index is 1.83. The largest absolute Gasteiger partial charge is 0.393 e. The van der Waals surface area contributed by atoms with Gasteiger partial charge in [-0.1, -0.05) is 6.92 Å². The molecule has 30 heavy (non-hydrogen) atoms. The number of aromatic nitrogens is 3. The molecule has 0 amide bonds. The number of anilines is 1. The van der Waals surface area contributed by atoms with Crippen LogP contribution in [0.1, 0.15) is 59.2 Å². The summed E-state index contributed by atoms with van der Waals surface area (Å²) in [5.74, 6) is -0.988. The zero-order valence-corrected chi connectivity index (χ0v) is 16.9. The second-order valence-electron chi connectivity index (χ2n) is 7.40. The summed E-state index contributed by atoms with van der Waals surface area (Å²) in [5, 5.41) is 12.7. The molecule has 3 heterocycles. The van der Waals surface area contributed by atoms with Gasteiger partial charge < -0.3 is 10.4 Å². The molecule has 2 N–H and O–H groups in total. The maximum atomic E-state index is 13.4. The number of nitrogens with zero attached hydrogens (tertiary/aromatic N) is 4. The molecule has 1 aliphatic carbocycles. The fourth-order valence-corrected chi connectivity index (χ4v) is 4.27. The highest BCUT2D eigenvalue weighted by Crippen LogP contribution is 2.36. The quantitative estimate of drug-likeness (QED) is 0.726. The minimum Gasteiger partial charge on any atom is -0.393 e. The Morgan fingerprint density at radius 3 is 2.77 bits per heavy atom. The Bertz CT molecular complexity index is 1510. The molecule has 0 radical (unpaired) electrons. The van der Waals surface area contributed by atoms with Gasteiger partial charge in [0.15, 0.2) is 0 Å². The van der Waals surface area contributed by atoms with Gasteiger partial charge in [-0.2, -0.15) is 4.98 Å². The van der Waals surface area contributed by atoms with Crippen LogP contribution in [-0.4, -0.2) is 63.8 Å². The van der Waals surface area contributed by atoms with Crippen molar-refractivity contribution in [2.45, 2.75) is 57.5 Å². The SMILES string of the molecule is [2H]C([2H])([2H])c1cc2cnc(NC3([2H])C([2H])([2H])CN(S(=O)(=O)C([2H])([2H])[2H])CC3([2H])[2H])nc2n([C@@H]2CC[C@@H](O)[C@H]2C)c1=O. The lowest BCUT2D eigenvalue weighted by molar-refractivity contribution is 0.129. The molecule has 2 fully saturated rings. The second-order valence-corrected chi connectivity index (χ2v) is 8.87.